The summed E-state index contributed by atoms with van der Waals surface area (Å²) in [5.74, 6) is 0. The summed E-state index contributed by atoms with van der Waals surface area (Å²) in [4.78, 5) is 2.42. The first-order valence-corrected chi connectivity index (χ1v) is 8.28. The van der Waals surface area contributed by atoms with E-state index in [4.69, 9.17) is 11.6 Å². The Morgan fingerprint density at radius 3 is 2.43 bits per heavy atom. The first kappa shape index (κ1) is 15.6. The molecule has 1 saturated heterocycles. The minimum atomic E-state index is 0.652. The van der Waals surface area contributed by atoms with Crippen LogP contribution in [0.4, 0.5) is 5.69 Å². The van der Waals surface area contributed by atoms with Gasteiger partial charge in [-0.05, 0) is 66.8 Å². The molecule has 1 fully saturated rings. The number of allylic oxidation sites excluding steroid dienone is 1. The molecule has 0 aliphatic carbocycles. The van der Waals surface area contributed by atoms with Crippen molar-refractivity contribution in [2.45, 2.75) is 19.8 Å². The molecule has 0 radical (unpaired) electrons. The Balaban J connectivity index is 1.91. The average Bonchev–Trinajstić information content (AvgIpc) is 3.09. The molecule has 3 rings (SSSR count). The quantitative estimate of drug-likeness (QED) is 0.565. The zero-order chi connectivity index (χ0) is 16.2. The summed E-state index contributed by atoms with van der Waals surface area (Å²) in [7, 11) is 0. The predicted octanol–water partition coefficient (Wildman–Crippen LogP) is 5.31. The van der Waals surface area contributed by atoms with Crippen molar-refractivity contribution in [2.75, 3.05) is 18.0 Å². The van der Waals surface area contributed by atoms with Gasteiger partial charge in [-0.2, -0.15) is 5.26 Å². The van der Waals surface area contributed by atoms with Crippen LogP contribution in [0.1, 0.15) is 29.5 Å². The van der Waals surface area contributed by atoms with Gasteiger partial charge in [0, 0.05) is 23.8 Å². The fourth-order valence-electron chi connectivity index (χ4n) is 2.96. The van der Waals surface area contributed by atoms with Crippen molar-refractivity contribution in [3.63, 3.8) is 0 Å². The van der Waals surface area contributed by atoms with Gasteiger partial charge < -0.3 is 4.90 Å². The molecular formula is C20H19ClN2. The number of hydrogen-bond acceptors (Lipinski definition) is 2. The first-order chi connectivity index (χ1) is 11.2. The van der Waals surface area contributed by atoms with Gasteiger partial charge in [0.2, 0.25) is 0 Å². The SMILES string of the molecule is Cc1cc(N2CCCC2)ccc1/C=C(\C#N)c1ccc(Cl)cc1. The number of nitriles is 1. The fraction of sp³-hybridized carbons (Fsp3) is 0.250. The van der Waals surface area contributed by atoms with Crippen LogP contribution in [-0.2, 0) is 0 Å². The number of benzene rings is 2. The van der Waals surface area contributed by atoms with Crippen molar-refractivity contribution in [3.05, 3.63) is 64.2 Å². The minimum absolute atomic E-state index is 0.652. The highest BCUT2D eigenvalue weighted by Crippen LogP contribution is 2.26. The van der Waals surface area contributed by atoms with Crippen LogP contribution in [-0.4, -0.2) is 13.1 Å². The molecule has 1 heterocycles. The molecule has 0 atom stereocenters. The number of anilines is 1. The third-order valence-electron chi connectivity index (χ3n) is 4.30. The average molecular weight is 323 g/mol. The minimum Gasteiger partial charge on any atom is -0.372 e. The Hall–Kier alpha value is -2.24. The molecule has 116 valence electrons. The van der Waals surface area contributed by atoms with Crippen LogP contribution in [0.2, 0.25) is 5.02 Å². The summed E-state index contributed by atoms with van der Waals surface area (Å²) in [6.07, 6.45) is 4.50. The van der Waals surface area contributed by atoms with Crippen molar-refractivity contribution < 1.29 is 0 Å². The largest absolute Gasteiger partial charge is 0.372 e. The van der Waals surface area contributed by atoms with Crippen molar-refractivity contribution in [1.29, 1.82) is 5.26 Å². The van der Waals surface area contributed by atoms with Gasteiger partial charge in [0.15, 0.2) is 0 Å². The summed E-state index contributed by atoms with van der Waals surface area (Å²) in [6, 6.07) is 16.2. The van der Waals surface area contributed by atoms with Gasteiger partial charge in [-0.1, -0.05) is 29.8 Å². The van der Waals surface area contributed by atoms with Crippen molar-refractivity contribution in [2.24, 2.45) is 0 Å². The van der Waals surface area contributed by atoms with Gasteiger partial charge in [-0.15, -0.1) is 0 Å². The second kappa shape index (κ2) is 6.89. The monoisotopic (exact) mass is 322 g/mol. The molecule has 23 heavy (non-hydrogen) atoms. The van der Waals surface area contributed by atoms with Crippen LogP contribution in [0.3, 0.4) is 0 Å². The lowest BCUT2D eigenvalue weighted by Crippen LogP contribution is -2.17. The van der Waals surface area contributed by atoms with E-state index < -0.39 is 0 Å². The van der Waals surface area contributed by atoms with Crippen molar-refractivity contribution >= 4 is 28.9 Å². The summed E-state index contributed by atoms with van der Waals surface area (Å²) >= 11 is 5.92. The fourth-order valence-corrected chi connectivity index (χ4v) is 3.08. The third-order valence-corrected chi connectivity index (χ3v) is 4.55. The Labute approximate surface area is 142 Å². The highest BCUT2D eigenvalue weighted by atomic mass is 35.5. The topological polar surface area (TPSA) is 27.0 Å². The van der Waals surface area contributed by atoms with E-state index in [1.807, 2.05) is 30.3 Å². The number of hydrogen-bond donors (Lipinski definition) is 0. The maximum absolute atomic E-state index is 9.47. The first-order valence-electron chi connectivity index (χ1n) is 7.91. The smallest absolute Gasteiger partial charge is 0.0998 e. The second-order valence-corrected chi connectivity index (χ2v) is 6.35. The summed E-state index contributed by atoms with van der Waals surface area (Å²) in [5, 5.41) is 10.1. The van der Waals surface area contributed by atoms with Crippen LogP contribution >= 0.6 is 11.6 Å². The van der Waals surface area contributed by atoms with Gasteiger partial charge in [0.25, 0.3) is 0 Å². The van der Waals surface area contributed by atoms with E-state index in [-0.39, 0.29) is 0 Å². The van der Waals surface area contributed by atoms with E-state index >= 15 is 0 Å². The molecule has 2 nitrogen and oxygen atoms in total. The van der Waals surface area contributed by atoms with Crippen LogP contribution in [0.25, 0.3) is 11.6 Å². The van der Waals surface area contributed by atoms with Gasteiger partial charge >= 0.3 is 0 Å². The van der Waals surface area contributed by atoms with Crippen molar-refractivity contribution in [1.82, 2.24) is 0 Å². The lowest BCUT2D eigenvalue weighted by molar-refractivity contribution is 0.949. The summed E-state index contributed by atoms with van der Waals surface area (Å²) in [6.45, 7) is 4.38. The Morgan fingerprint density at radius 2 is 1.83 bits per heavy atom. The number of halogens is 1. The number of rotatable bonds is 3. The molecule has 0 N–H and O–H groups in total. The van der Waals surface area contributed by atoms with E-state index in [1.165, 1.54) is 24.1 Å². The van der Waals surface area contributed by atoms with E-state index in [9.17, 15) is 5.26 Å². The standard InChI is InChI=1S/C20H19ClN2/c1-15-12-20(23-10-2-3-11-23)9-6-17(15)13-18(14-22)16-4-7-19(21)8-5-16/h4-9,12-13H,2-3,10-11H2,1H3/b18-13+. The van der Waals surface area contributed by atoms with Gasteiger partial charge in [0.1, 0.15) is 0 Å². The molecule has 2 aromatic carbocycles. The van der Waals surface area contributed by atoms with Crippen molar-refractivity contribution in [3.8, 4) is 6.07 Å². The van der Waals surface area contributed by atoms with Crippen LogP contribution in [0.15, 0.2) is 42.5 Å². The second-order valence-electron chi connectivity index (χ2n) is 5.91. The summed E-state index contributed by atoms with van der Waals surface area (Å²) in [5.41, 5.74) is 5.09. The highest BCUT2D eigenvalue weighted by Gasteiger charge is 2.13. The molecule has 0 aromatic heterocycles. The lowest BCUT2D eigenvalue weighted by atomic mass is 10.0. The lowest BCUT2D eigenvalue weighted by Gasteiger charge is -2.18. The highest BCUT2D eigenvalue weighted by molar-refractivity contribution is 6.30. The maximum atomic E-state index is 9.47. The maximum Gasteiger partial charge on any atom is 0.0998 e. The van der Waals surface area contributed by atoms with Crippen LogP contribution in [0, 0.1) is 18.3 Å². The Morgan fingerprint density at radius 1 is 1.13 bits per heavy atom. The molecule has 0 saturated carbocycles. The van der Waals surface area contributed by atoms with Crippen LogP contribution in [0.5, 0.6) is 0 Å². The molecule has 0 amide bonds. The molecule has 0 unspecified atom stereocenters. The Bertz CT molecular complexity index is 763. The summed E-state index contributed by atoms with van der Waals surface area (Å²) < 4.78 is 0. The third kappa shape index (κ3) is 3.57. The number of aryl methyl sites for hydroxylation is 1. The molecule has 0 bridgehead atoms. The molecule has 1 aliphatic heterocycles. The van der Waals surface area contributed by atoms with E-state index in [0.29, 0.717) is 10.6 Å². The van der Waals surface area contributed by atoms with E-state index in [2.05, 4.69) is 36.1 Å². The van der Waals surface area contributed by atoms with E-state index in [1.54, 1.807) is 0 Å². The molecule has 0 spiro atoms. The Kier molecular flexibility index (Phi) is 4.69. The molecule has 1 aliphatic rings. The molecule has 3 heteroatoms. The zero-order valence-electron chi connectivity index (χ0n) is 13.2. The number of nitrogens with zero attached hydrogens (tertiary/aromatic N) is 2. The van der Waals surface area contributed by atoms with Gasteiger partial charge in [0.05, 0.1) is 11.6 Å². The van der Waals surface area contributed by atoms with Crippen LogP contribution < -0.4 is 4.90 Å². The predicted molar refractivity (Wildman–Crippen MR) is 97.6 cm³/mol. The normalized spacial score (nSPS) is 14.8. The van der Waals surface area contributed by atoms with E-state index in [0.717, 1.165) is 24.2 Å². The molecule has 2 aromatic rings. The zero-order valence-corrected chi connectivity index (χ0v) is 14.0. The molecular weight excluding hydrogens is 304 g/mol. The van der Waals surface area contributed by atoms with Gasteiger partial charge in [-0.3, -0.25) is 0 Å². The van der Waals surface area contributed by atoms with Gasteiger partial charge in [-0.25, -0.2) is 0 Å².